The average Bonchev–Trinajstić information content (AvgIpc) is 2.45. The lowest BCUT2D eigenvalue weighted by Gasteiger charge is -2.19. The van der Waals surface area contributed by atoms with E-state index in [1.54, 1.807) is 0 Å². The van der Waals surface area contributed by atoms with Crippen LogP contribution in [-0.2, 0) is 26.0 Å². The summed E-state index contributed by atoms with van der Waals surface area (Å²) in [7, 11) is -2.76. The molecule has 1 aromatic rings. The van der Waals surface area contributed by atoms with Crippen molar-refractivity contribution < 1.29 is 23.1 Å². The molecule has 0 fully saturated rings. The number of rotatable bonds is 7. The molecule has 7 heteroatoms. The largest absolute Gasteiger partial charge is 0.468 e. The molecule has 0 aliphatic heterocycles. The molecule has 0 heterocycles. The highest BCUT2D eigenvalue weighted by molar-refractivity contribution is 7.90. The maximum absolute atomic E-state index is 12.0. The molecule has 0 amide bonds. The number of ether oxygens (including phenoxy) is 1. The van der Waals surface area contributed by atoms with E-state index in [2.05, 4.69) is 9.46 Å². The summed E-state index contributed by atoms with van der Waals surface area (Å²) in [5, 5.41) is 7.96. The van der Waals surface area contributed by atoms with Gasteiger partial charge in [-0.15, -0.1) is 0 Å². The first-order chi connectivity index (χ1) is 9.40. The van der Waals surface area contributed by atoms with Gasteiger partial charge in [-0.25, -0.2) is 13.1 Å². The summed E-state index contributed by atoms with van der Waals surface area (Å²) in [6.45, 7) is 0.882. The highest BCUT2D eigenvalue weighted by Crippen LogP contribution is 2.07. The van der Waals surface area contributed by atoms with Crippen LogP contribution in [0.3, 0.4) is 0 Å². The van der Waals surface area contributed by atoms with Crippen molar-refractivity contribution in [2.45, 2.75) is 24.6 Å². The SMILES string of the molecule is COC(=O)C(C)S(=O)(=O)N[C@H](CO)Cc1ccccc1. The third-order valence-corrected chi connectivity index (χ3v) is 4.66. The van der Waals surface area contributed by atoms with E-state index in [4.69, 9.17) is 0 Å². The second kappa shape index (κ2) is 7.37. The maximum Gasteiger partial charge on any atom is 0.325 e. The Hall–Kier alpha value is -1.44. The van der Waals surface area contributed by atoms with Crippen molar-refractivity contribution in [1.29, 1.82) is 0 Å². The van der Waals surface area contributed by atoms with Crippen LogP contribution in [0, 0.1) is 0 Å². The van der Waals surface area contributed by atoms with E-state index in [0.29, 0.717) is 6.42 Å². The number of esters is 1. The molecule has 2 atom stereocenters. The first-order valence-corrected chi connectivity index (χ1v) is 7.69. The van der Waals surface area contributed by atoms with Crippen LogP contribution >= 0.6 is 0 Å². The number of sulfonamides is 1. The minimum absolute atomic E-state index is 0.338. The van der Waals surface area contributed by atoms with Gasteiger partial charge in [0.2, 0.25) is 10.0 Å². The van der Waals surface area contributed by atoms with E-state index in [0.717, 1.165) is 12.7 Å². The molecule has 112 valence electrons. The fourth-order valence-electron chi connectivity index (χ4n) is 1.67. The molecular formula is C13H19NO5S. The van der Waals surface area contributed by atoms with Gasteiger partial charge < -0.3 is 9.84 Å². The van der Waals surface area contributed by atoms with E-state index in [-0.39, 0.29) is 6.61 Å². The number of aliphatic hydroxyl groups excluding tert-OH is 1. The van der Waals surface area contributed by atoms with Gasteiger partial charge in [0.05, 0.1) is 13.7 Å². The second-order valence-corrected chi connectivity index (χ2v) is 6.43. The number of hydrogen-bond acceptors (Lipinski definition) is 5. The summed E-state index contributed by atoms with van der Waals surface area (Å²) < 4.78 is 30.7. The van der Waals surface area contributed by atoms with Crippen LogP contribution in [0.4, 0.5) is 0 Å². The maximum atomic E-state index is 12.0. The van der Waals surface area contributed by atoms with E-state index in [1.165, 1.54) is 6.92 Å². The molecule has 20 heavy (non-hydrogen) atoms. The molecule has 0 aromatic heterocycles. The zero-order chi connectivity index (χ0) is 15.2. The van der Waals surface area contributed by atoms with E-state index < -0.39 is 27.3 Å². The lowest BCUT2D eigenvalue weighted by molar-refractivity contribution is -0.139. The van der Waals surface area contributed by atoms with Crippen LogP contribution < -0.4 is 4.72 Å². The Morgan fingerprint density at radius 2 is 1.95 bits per heavy atom. The van der Waals surface area contributed by atoms with Gasteiger partial charge in [0.15, 0.2) is 5.25 Å². The third-order valence-electron chi connectivity index (χ3n) is 2.87. The molecular weight excluding hydrogens is 282 g/mol. The molecule has 0 radical (unpaired) electrons. The molecule has 0 bridgehead atoms. The van der Waals surface area contributed by atoms with Crippen molar-refractivity contribution in [1.82, 2.24) is 4.72 Å². The number of hydrogen-bond donors (Lipinski definition) is 2. The van der Waals surface area contributed by atoms with E-state index >= 15 is 0 Å². The summed E-state index contributed by atoms with van der Waals surface area (Å²) in [5.41, 5.74) is 0.889. The minimum atomic E-state index is -3.89. The zero-order valence-corrected chi connectivity index (χ0v) is 12.3. The standard InChI is InChI=1S/C13H19NO5S/c1-10(13(16)19-2)20(17,18)14-12(9-15)8-11-6-4-3-5-7-11/h3-7,10,12,14-15H,8-9H2,1-2H3/t10?,12-/m0/s1. The summed E-state index contributed by atoms with van der Waals surface area (Å²) in [6, 6.07) is 8.49. The number of nitrogens with one attached hydrogen (secondary N) is 1. The number of aliphatic hydroxyl groups is 1. The van der Waals surface area contributed by atoms with Gasteiger partial charge in [0, 0.05) is 6.04 Å². The summed E-state index contributed by atoms with van der Waals surface area (Å²) in [5.74, 6) is -0.839. The van der Waals surface area contributed by atoms with Gasteiger partial charge in [0.25, 0.3) is 0 Å². The fourth-order valence-corrected chi connectivity index (χ4v) is 2.85. The van der Waals surface area contributed by atoms with Crippen molar-refractivity contribution in [3.8, 4) is 0 Å². The Labute approximate surface area is 118 Å². The molecule has 0 saturated heterocycles. The first kappa shape index (κ1) is 16.6. The van der Waals surface area contributed by atoms with Gasteiger partial charge >= 0.3 is 5.97 Å². The van der Waals surface area contributed by atoms with Crippen molar-refractivity contribution in [3.63, 3.8) is 0 Å². The highest BCUT2D eigenvalue weighted by atomic mass is 32.2. The molecule has 0 spiro atoms. The molecule has 0 saturated carbocycles. The van der Waals surface area contributed by atoms with Crippen LogP contribution in [0.1, 0.15) is 12.5 Å². The van der Waals surface area contributed by atoms with Crippen molar-refractivity contribution in [2.24, 2.45) is 0 Å². The Balaban J connectivity index is 2.75. The van der Waals surface area contributed by atoms with Crippen LogP contribution in [0.15, 0.2) is 30.3 Å². The normalized spacial score (nSPS) is 14.6. The van der Waals surface area contributed by atoms with Crippen LogP contribution in [0.5, 0.6) is 0 Å². The Morgan fingerprint density at radius 3 is 2.45 bits per heavy atom. The predicted octanol–water partition coefficient (Wildman–Crippen LogP) is 0.0709. The minimum Gasteiger partial charge on any atom is -0.468 e. The number of benzene rings is 1. The van der Waals surface area contributed by atoms with E-state index in [1.807, 2.05) is 30.3 Å². The third kappa shape index (κ3) is 4.59. The molecule has 2 N–H and O–H groups in total. The zero-order valence-electron chi connectivity index (χ0n) is 11.4. The van der Waals surface area contributed by atoms with Crippen molar-refractivity contribution in [3.05, 3.63) is 35.9 Å². The molecule has 6 nitrogen and oxygen atoms in total. The number of carbonyl (C=O) groups is 1. The first-order valence-electron chi connectivity index (χ1n) is 6.14. The smallest absolute Gasteiger partial charge is 0.325 e. The predicted molar refractivity (Wildman–Crippen MR) is 74.6 cm³/mol. The Morgan fingerprint density at radius 1 is 1.35 bits per heavy atom. The van der Waals surface area contributed by atoms with Gasteiger partial charge in [-0.1, -0.05) is 30.3 Å². The van der Waals surface area contributed by atoms with Gasteiger partial charge in [0.1, 0.15) is 0 Å². The molecule has 1 aromatic carbocycles. The number of carbonyl (C=O) groups excluding carboxylic acids is 1. The Bertz CT molecular complexity index is 529. The van der Waals surface area contributed by atoms with Gasteiger partial charge in [-0.05, 0) is 18.9 Å². The molecule has 1 unspecified atom stereocenters. The highest BCUT2D eigenvalue weighted by Gasteiger charge is 2.30. The summed E-state index contributed by atoms with van der Waals surface area (Å²) >= 11 is 0. The van der Waals surface area contributed by atoms with Crippen molar-refractivity contribution in [2.75, 3.05) is 13.7 Å². The van der Waals surface area contributed by atoms with Crippen LogP contribution in [0.2, 0.25) is 0 Å². The fraction of sp³-hybridized carbons (Fsp3) is 0.462. The lowest BCUT2D eigenvalue weighted by atomic mass is 10.1. The molecule has 0 aliphatic carbocycles. The average molecular weight is 301 g/mol. The molecule has 1 rings (SSSR count). The Kier molecular flexibility index (Phi) is 6.12. The monoisotopic (exact) mass is 301 g/mol. The van der Waals surface area contributed by atoms with Gasteiger partial charge in [-0.3, -0.25) is 4.79 Å². The van der Waals surface area contributed by atoms with E-state index in [9.17, 15) is 18.3 Å². The van der Waals surface area contributed by atoms with Crippen molar-refractivity contribution >= 4 is 16.0 Å². The van der Waals surface area contributed by atoms with Crippen LogP contribution in [0.25, 0.3) is 0 Å². The van der Waals surface area contributed by atoms with Crippen LogP contribution in [-0.4, -0.2) is 44.5 Å². The topological polar surface area (TPSA) is 92.7 Å². The van der Waals surface area contributed by atoms with Gasteiger partial charge in [-0.2, -0.15) is 0 Å². The second-order valence-electron chi connectivity index (χ2n) is 4.40. The summed E-state index contributed by atoms with van der Waals surface area (Å²) in [6.07, 6.45) is 0.338. The number of methoxy groups -OCH3 is 1. The lowest BCUT2D eigenvalue weighted by Crippen LogP contribution is -2.45. The quantitative estimate of drug-likeness (QED) is 0.695. The summed E-state index contributed by atoms with van der Waals surface area (Å²) in [4.78, 5) is 11.3. The molecule has 0 aliphatic rings.